The highest BCUT2D eigenvalue weighted by atomic mass is 79.9. The van der Waals surface area contributed by atoms with Crippen LogP contribution in [0.15, 0.2) is 76.1 Å². The van der Waals surface area contributed by atoms with Crippen LogP contribution in [0.5, 0.6) is 11.5 Å². The number of benzene rings is 3. The summed E-state index contributed by atoms with van der Waals surface area (Å²) in [5, 5.41) is 3.13. The van der Waals surface area contributed by atoms with Crippen molar-refractivity contribution in [3.05, 3.63) is 82.3 Å². The summed E-state index contributed by atoms with van der Waals surface area (Å²) in [6.45, 7) is 3.38. The van der Waals surface area contributed by atoms with E-state index in [1.165, 1.54) is 24.1 Å². The van der Waals surface area contributed by atoms with Crippen molar-refractivity contribution in [1.29, 1.82) is 0 Å². The van der Waals surface area contributed by atoms with E-state index in [9.17, 15) is 18.0 Å². The van der Waals surface area contributed by atoms with Crippen molar-refractivity contribution >= 4 is 43.5 Å². The molecule has 44 heavy (non-hydrogen) atoms. The van der Waals surface area contributed by atoms with Gasteiger partial charge in [0.25, 0.3) is 10.0 Å². The number of carbonyl (C=O) groups excluding carboxylic acids is 2. The predicted octanol–water partition coefficient (Wildman–Crippen LogP) is 5.84. The first-order valence-electron chi connectivity index (χ1n) is 14.7. The first-order valence-corrected chi connectivity index (χ1v) is 17.0. The Labute approximate surface area is 268 Å². The molecule has 2 amide bonds. The van der Waals surface area contributed by atoms with E-state index >= 15 is 0 Å². The molecule has 1 fully saturated rings. The van der Waals surface area contributed by atoms with Gasteiger partial charge in [-0.3, -0.25) is 13.9 Å². The molecule has 1 aliphatic rings. The van der Waals surface area contributed by atoms with Gasteiger partial charge in [0.2, 0.25) is 11.8 Å². The Morgan fingerprint density at radius 1 is 0.977 bits per heavy atom. The number of nitrogens with one attached hydrogen (secondary N) is 1. The molecule has 11 heteroatoms. The largest absolute Gasteiger partial charge is 0.497 e. The van der Waals surface area contributed by atoms with Crippen LogP contribution in [0.3, 0.4) is 0 Å². The number of hydrogen-bond donors (Lipinski definition) is 1. The fourth-order valence-corrected chi connectivity index (χ4v) is 7.52. The van der Waals surface area contributed by atoms with Crippen LogP contribution in [0.25, 0.3) is 0 Å². The van der Waals surface area contributed by atoms with Crippen LogP contribution in [0, 0.1) is 6.92 Å². The van der Waals surface area contributed by atoms with Gasteiger partial charge in [-0.2, -0.15) is 0 Å². The molecule has 1 unspecified atom stereocenters. The smallest absolute Gasteiger partial charge is 0.264 e. The third-order valence-corrected chi connectivity index (χ3v) is 10.3. The van der Waals surface area contributed by atoms with Crippen molar-refractivity contribution in [3.63, 3.8) is 0 Å². The fraction of sp³-hybridized carbons (Fsp3) is 0.394. The molecule has 1 atom stereocenters. The van der Waals surface area contributed by atoms with Gasteiger partial charge in [-0.15, -0.1) is 0 Å². The number of halogens is 1. The lowest BCUT2D eigenvalue weighted by atomic mass is 10.1. The fourth-order valence-electron chi connectivity index (χ4n) is 5.39. The molecule has 1 N–H and O–H groups in total. The maximum atomic E-state index is 14.3. The molecular weight excluding hydrogens is 646 g/mol. The van der Waals surface area contributed by atoms with Gasteiger partial charge in [0.1, 0.15) is 24.1 Å². The van der Waals surface area contributed by atoms with Crippen molar-refractivity contribution in [2.45, 2.75) is 69.5 Å². The number of anilines is 1. The third kappa shape index (κ3) is 7.92. The molecule has 1 aliphatic carbocycles. The van der Waals surface area contributed by atoms with E-state index in [2.05, 4.69) is 21.2 Å². The van der Waals surface area contributed by atoms with E-state index in [0.29, 0.717) is 28.1 Å². The second kappa shape index (κ2) is 14.9. The summed E-state index contributed by atoms with van der Waals surface area (Å²) in [5.41, 5.74) is 2.07. The highest BCUT2D eigenvalue weighted by Crippen LogP contribution is 2.31. The number of sulfonamides is 1. The molecule has 0 heterocycles. The highest BCUT2D eigenvalue weighted by Gasteiger charge is 2.34. The normalized spacial score (nSPS) is 14.1. The molecule has 0 saturated heterocycles. The van der Waals surface area contributed by atoms with E-state index in [0.717, 1.165) is 41.1 Å². The van der Waals surface area contributed by atoms with Crippen LogP contribution in [-0.4, -0.2) is 58.0 Å². The molecule has 0 bridgehead atoms. The van der Waals surface area contributed by atoms with Gasteiger partial charge in [0, 0.05) is 12.6 Å². The molecule has 3 aromatic carbocycles. The second-order valence-electron chi connectivity index (χ2n) is 10.9. The number of aryl methyl sites for hydroxylation is 1. The Bertz CT molecular complexity index is 1540. The third-order valence-electron chi connectivity index (χ3n) is 7.91. The van der Waals surface area contributed by atoms with E-state index in [1.54, 1.807) is 49.6 Å². The molecule has 3 aromatic rings. The molecule has 0 radical (unpaired) electrons. The Morgan fingerprint density at radius 2 is 1.64 bits per heavy atom. The lowest BCUT2D eigenvalue weighted by Gasteiger charge is -2.34. The highest BCUT2D eigenvalue weighted by molar-refractivity contribution is 9.10. The van der Waals surface area contributed by atoms with Gasteiger partial charge >= 0.3 is 0 Å². The standard InChI is InChI=1S/C33H40BrN3O6S/c1-5-30(33(39)35-25-8-6-7-9-25)36(21-24-12-16-27(42-3)17-13-24)32(38)22-37(26-14-10-23(2)11-15-26)44(40,41)28-18-19-31(43-4)29(34)20-28/h10-20,25,30H,5-9,21-22H2,1-4H3,(H,35,39). The Hall–Kier alpha value is -3.57. The molecule has 1 saturated carbocycles. The number of amides is 2. The summed E-state index contributed by atoms with van der Waals surface area (Å²) in [6, 6.07) is 18.0. The summed E-state index contributed by atoms with van der Waals surface area (Å²) >= 11 is 3.38. The van der Waals surface area contributed by atoms with Crippen molar-refractivity contribution in [1.82, 2.24) is 10.2 Å². The van der Waals surface area contributed by atoms with Crippen molar-refractivity contribution in [3.8, 4) is 11.5 Å². The minimum Gasteiger partial charge on any atom is -0.497 e. The zero-order valence-corrected chi connectivity index (χ0v) is 28.0. The van der Waals surface area contributed by atoms with Crippen molar-refractivity contribution in [2.24, 2.45) is 0 Å². The zero-order valence-electron chi connectivity index (χ0n) is 25.6. The molecule has 0 spiro atoms. The SMILES string of the molecule is CCC(C(=O)NC1CCCC1)N(Cc1ccc(OC)cc1)C(=O)CN(c1ccc(C)cc1)S(=O)(=O)c1ccc(OC)c(Br)c1. The Kier molecular flexibility index (Phi) is 11.3. The zero-order chi connectivity index (χ0) is 31.9. The van der Waals surface area contributed by atoms with Crippen LogP contribution >= 0.6 is 15.9 Å². The average molecular weight is 687 g/mol. The minimum atomic E-state index is -4.21. The summed E-state index contributed by atoms with van der Waals surface area (Å²) < 4.78 is 40.5. The molecule has 0 aromatic heterocycles. The van der Waals surface area contributed by atoms with Crippen molar-refractivity contribution in [2.75, 3.05) is 25.1 Å². The summed E-state index contributed by atoms with van der Waals surface area (Å²) in [6.07, 6.45) is 4.29. The number of hydrogen-bond acceptors (Lipinski definition) is 6. The van der Waals surface area contributed by atoms with Gasteiger partial charge in [0.15, 0.2) is 0 Å². The lowest BCUT2D eigenvalue weighted by Crippen LogP contribution is -2.53. The maximum absolute atomic E-state index is 14.3. The molecule has 4 rings (SSSR count). The number of nitrogens with zero attached hydrogens (tertiary/aromatic N) is 2. The van der Waals surface area contributed by atoms with E-state index in [4.69, 9.17) is 9.47 Å². The number of carbonyl (C=O) groups is 2. The number of ether oxygens (including phenoxy) is 2. The first-order chi connectivity index (χ1) is 21.1. The molecular formula is C33H40BrN3O6S. The molecule has 0 aliphatic heterocycles. The van der Waals surface area contributed by atoms with Gasteiger partial charge in [0.05, 0.1) is 29.3 Å². The van der Waals surface area contributed by atoms with Crippen LogP contribution in [0.4, 0.5) is 5.69 Å². The second-order valence-corrected chi connectivity index (χ2v) is 13.6. The van der Waals surface area contributed by atoms with E-state index in [-0.39, 0.29) is 23.4 Å². The Morgan fingerprint density at radius 3 is 2.20 bits per heavy atom. The number of rotatable bonds is 13. The van der Waals surface area contributed by atoms with Crippen LogP contribution < -0.4 is 19.1 Å². The summed E-state index contributed by atoms with van der Waals surface area (Å²) in [4.78, 5) is 29.4. The van der Waals surface area contributed by atoms with E-state index < -0.39 is 28.5 Å². The lowest BCUT2D eigenvalue weighted by molar-refractivity contribution is -0.140. The van der Waals surface area contributed by atoms with Crippen LogP contribution in [-0.2, 0) is 26.2 Å². The van der Waals surface area contributed by atoms with Gasteiger partial charge in [-0.05, 0) is 90.1 Å². The maximum Gasteiger partial charge on any atom is 0.264 e. The first kappa shape index (κ1) is 33.3. The average Bonchev–Trinajstić information content (AvgIpc) is 3.53. The Balaban J connectivity index is 1.72. The quantitative estimate of drug-likeness (QED) is 0.243. The summed E-state index contributed by atoms with van der Waals surface area (Å²) in [5.74, 6) is 0.419. The minimum absolute atomic E-state index is 0.00808. The number of methoxy groups -OCH3 is 2. The van der Waals surface area contributed by atoms with Crippen LogP contribution in [0.2, 0.25) is 0 Å². The molecule has 9 nitrogen and oxygen atoms in total. The van der Waals surface area contributed by atoms with Crippen molar-refractivity contribution < 1.29 is 27.5 Å². The monoisotopic (exact) mass is 685 g/mol. The van der Waals surface area contributed by atoms with Gasteiger partial charge < -0.3 is 19.7 Å². The predicted molar refractivity (Wildman–Crippen MR) is 174 cm³/mol. The van der Waals surface area contributed by atoms with Gasteiger partial charge in [-0.25, -0.2) is 8.42 Å². The van der Waals surface area contributed by atoms with Gasteiger partial charge in [-0.1, -0.05) is 49.6 Å². The molecule has 236 valence electrons. The summed E-state index contributed by atoms with van der Waals surface area (Å²) in [7, 11) is -1.14. The van der Waals surface area contributed by atoms with E-state index in [1.807, 2.05) is 26.0 Å². The van der Waals surface area contributed by atoms with Crippen LogP contribution in [0.1, 0.15) is 50.2 Å². The topological polar surface area (TPSA) is 105 Å².